The second-order valence-corrected chi connectivity index (χ2v) is 5.48. The minimum Gasteiger partial charge on any atom is -0.396 e. The summed E-state index contributed by atoms with van der Waals surface area (Å²) in [7, 11) is 0. The number of hydrogen-bond donors (Lipinski definition) is 1. The molecule has 0 saturated heterocycles. The molecule has 0 saturated carbocycles. The van der Waals surface area contributed by atoms with Crippen molar-refractivity contribution >= 4 is 0 Å². The number of aliphatic hydroxyl groups is 1. The molecule has 0 aliphatic carbocycles. The molecule has 0 aliphatic heterocycles. The molecule has 2 heteroatoms. The van der Waals surface area contributed by atoms with Gasteiger partial charge in [0.25, 0.3) is 0 Å². The predicted octanol–water partition coefficient (Wildman–Crippen LogP) is 3.84. The lowest BCUT2D eigenvalue weighted by molar-refractivity contribution is 0.224. The lowest BCUT2D eigenvalue weighted by Gasteiger charge is -2.16. The van der Waals surface area contributed by atoms with Crippen LogP contribution < -0.4 is 0 Å². The predicted molar refractivity (Wildman–Crippen MR) is 80.3 cm³/mol. The zero-order valence-corrected chi connectivity index (χ0v) is 12.1. The van der Waals surface area contributed by atoms with Gasteiger partial charge in [0.2, 0.25) is 0 Å². The van der Waals surface area contributed by atoms with Crippen molar-refractivity contribution in [2.24, 2.45) is 5.92 Å². The van der Waals surface area contributed by atoms with Crippen LogP contribution in [0.1, 0.15) is 22.3 Å². The van der Waals surface area contributed by atoms with Crippen LogP contribution in [0.2, 0.25) is 0 Å². The lowest BCUT2D eigenvalue weighted by atomic mass is 9.90. The molecule has 2 aromatic rings. The van der Waals surface area contributed by atoms with Crippen LogP contribution in [0.5, 0.6) is 0 Å². The number of aryl methyl sites for hydroxylation is 2. The molecular weight excluding hydrogens is 251 g/mol. The normalized spacial score (nSPS) is 12.4. The summed E-state index contributed by atoms with van der Waals surface area (Å²) < 4.78 is 13.7. The van der Waals surface area contributed by atoms with Gasteiger partial charge in [0.1, 0.15) is 5.82 Å². The number of aliphatic hydroxyl groups excluding tert-OH is 1. The summed E-state index contributed by atoms with van der Waals surface area (Å²) in [6.07, 6.45) is 1.34. The Balaban J connectivity index is 2.13. The number of hydrogen-bond acceptors (Lipinski definition) is 1. The Morgan fingerprint density at radius 2 is 1.70 bits per heavy atom. The van der Waals surface area contributed by atoms with E-state index in [0.717, 1.165) is 6.42 Å². The van der Waals surface area contributed by atoms with Crippen molar-refractivity contribution in [3.05, 3.63) is 70.5 Å². The van der Waals surface area contributed by atoms with Gasteiger partial charge in [-0.05, 0) is 55.4 Å². The third-order valence-corrected chi connectivity index (χ3v) is 3.74. The first kappa shape index (κ1) is 14.7. The van der Waals surface area contributed by atoms with Crippen LogP contribution in [0.15, 0.2) is 42.5 Å². The van der Waals surface area contributed by atoms with Crippen molar-refractivity contribution < 1.29 is 9.50 Å². The Labute approximate surface area is 120 Å². The van der Waals surface area contributed by atoms with E-state index in [1.54, 1.807) is 12.1 Å². The van der Waals surface area contributed by atoms with E-state index in [4.69, 9.17) is 0 Å². The first-order chi connectivity index (χ1) is 9.60. The summed E-state index contributed by atoms with van der Waals surface area (Å²) in [5, 5.41) is 9.58. The van der Waals surface area contributed by atoms with Crippen LogP contribution in [-0.4, -0.2) is 11.7 Å². The first-order valence-corrected chi connectivity index (χ1v) is 7.00. The van der Waals surface area contributed by atoms with Gasteiger partial charge in [0, 0.05) is 6.61 Å². The maximum atomic E-state index is 13.7. The van der Waals surface area contributed by atoms with E-state index in [1.165, 1.54) is 22.8 Å². The van der Waals surface area contributed by atoms with Crippen LogP contribution in [-0.2, 0) is 12.8 Å². The smallest absolute Gasteiger partial charge is 0.126 e. The molecule has 0 aromatic heterocycles. The zero-order chi connectivity index (χ0) is 14.5. The molecule has 0 amide bonds. The van der Waals surface area contributed by atoms with Gasteiger partial charge < -0.3 is 5.11 Å². The fraction of sp³-hybridized carbons (Fsp3) is 0.333. The highest BCUT2D eigenvalue weighted by atomic mass is 19.1. The molecular formula is C18H21FO. The molecule has 1 N–H and O–H groups in total. The minimum absolute atomic E-state index is 0.0485. The molecule has 2 rings (SSSR count). The van der Waals surface area contributed by atoms with Gasteiger partial charge in [-0.1, -0.05) is 42.0 Å². The Hall–Kier alpha value is -1.67. The number of benzene rings is 2. The highest BCUT2D eigenvalue weighted by Gasteiger charge is 2.13. The molecule has 20 heavy (non-hydrogen) atoms. The highest BCUT2D eigenvalue weighted by molar-refractivity contribution is 5.31. The summed E-state index contributed by atoms with van der Waals surface area (Å²) in [5.74, 6) is -0.140. The summed E-state index contributed by atoms with van der Waals surface area (Å²) in [6, 6.07) is 13.1. The van der Waals surface area contributed by atoms with Gasteiger partial charge in [0.15, 0.2) is 0 Å². The van der Waals surface area contributed by atoms with Crippen molar-refractivity contribution in [3.63, 3.8) is 0 Å². The molecule has 0 fully saturated rings. The first-order valence-electron chi connectivity index (χ1n) is 7.00. The Morgan fingerprint density at radius 1 is 1.00 bits per heavy atom. The quantitative estimate of drug-likeness (QED) is 0.877. The molecule has 0 radical (unpaired) electrons. The molecule has 0 spiro atoms. The van der Waals surface area contributed by atoms with E-state index < -0.39 is 0 Å². The zero-order valence-electron chi connectivity index (χ0n) is 12.1. The monoisotopic (exact) mass is 272 g/mol. The molecule has 2 aromatic carbocycles. The van der Waals surface area contributed by atoms with E-state index in [-0.39, 0.29) is 18.3 Å². The third-order valence-electron chi connectivity index (χ3n) is 3.74. The highest BCUT2D eigenvalue weighted by Crippen LogP contribution is 2.19. The van der Waals surface area contributed by atoms with E-state index >= 15 is 0 Å². The molecule has 106 valence electrons. The number of rotatable bonds is 5. The average molecular weight is 272 g/mol. The summed E-state index contributed by atoms with van der Waals surface area (Å²) in [6.45, 7) is 4.21. The van der Waals surface area contributed by atoms with Crippen molar-refractivity contribution in [2.75, 3.05) is 6.61 Å². The molecule has 1 unspecified atom stereocenters. The van der Waals surface area contributed by atoms with Crippen molar-refractivity contribution in [2.45, 2.75) is 26.7 Å². The summed E-state index contributed by atoms with van der Waals surface area (Å²) >= 11 is 0. The Bertz CT molecular complexity index is 577. The van der Waals surface area contributed by atoms with Crippen molar-refractivity contribution in [3.8, 4) is 0 Å². The van der Waals surface area contributed by atoms with Gasteiger partial charge in [-0.3, -0.25) is 0 Å². The Morgan fingerprint density at radius 3 is 2.40 bits per heavy atom. The topological polar surface area (TPSA) is 20.2 Å². The van der Waals surface area contributed by atoms with Crippen LogP contribution in [0, 0.1) is 25.6 Å². The van der Waals surface area contributed by atoms with E-state index in [0.29, 0.717) is 12.0 Å². The van der Waals surface area contributed by atoms with E-state index in [1.807, 2.05) is 6.07 Å². The van der Waals surface area contributed by atoms with Crippen LogP contribution in [0.3, 0.4) is 0 Å². The lowest BCUT2D eigenvalue weighted by Crippen LogP contribution is -2.14. The summed E-state index contributed by atoms with van der Waals surface area (Å²) in [5.41, 5.74) is 4.35. The van der Waals surface area contributed by atoms with Crippen LogP contribution in [0.4, 0.5) is 4.39 Å². The standard InChI is InChI=1S/C18H21FO/c1-13-7-8-14(2)17(9-13)11-15(12-20)10-16-5-3-4-6-18(16)19/h3-9,15,20H,10-12H2,1-2H3. The van der Waals surface area contributed by atoms with Crippen LogP contribution in [0.25, 0.3) is 0 Å². The fourth-order valence-corrected chi connectivity index (χ4v) is 2.51. The molecule has 1 atom stereocenters. The Kier molecular flexibility index (Phi) is 4.91. The maximum absolute atomic E-state index is 13.7. The second kappa shape index (κ2) is 6.67. The molecule has 1 nitrogen and oxygen atoms in total. The second-order valence-electron chi connectivity index (χ2n) is 5.48. The van der Waals surface area contributed by atoms with Crippen LogP contribution >= 0.6 is 0 Å². The largest absolute Gasteiger partial charge is 0.396 e. The third kappa shape index (κ3) is 3.67. The molecule has 0 heterocycles. The fourth-order valence-electron chi connectivity index (χ4n) is 2.51. The van der Waals surface area contributed by atoms with E-state index in [9.17, 15) is 9.50 Å². The van der Waals surface area contributed by atoms with Crippen molar-refractivity contribution in [1.82, 2.24) is 0 Å². The van der Waals surface area contributed by atoms with E-state index in [2.05, 4.69) is 32.0 Å². The van der Waals surface area contributed by atoms with Gasteiger partial charge >= 0.3 is 0 Å². The average Bonchev–Trinajstić information content (AvgIpc) is 2.44. The maximum Gasteiger partial charge on any atom is 0.126 e. The SMILES string of the molecule is Cc1ccc(C)c(CC(CO)Cc2ccccc2F)c1. The molecule has 0 bridgehead atoms. The van der Waals surface area contributed by atoms with Gasteiger partial charge in [0.05, 0.1) is 0 Å². The van der Waals surface area contributed by atoms with Gasteiger partial charge in [-0.2, -0.15) is 0 Å². The minimum atomic E-state index is -0.188. The van der Waals surface area contributed by atoms with Gasteiger partial charge in [-0.25, -0.2) is 4.39 Å². The summed E-state index contributed by atoms with van der Waals surface area (Å²) in [4.78, 5) is 0. The number of halogens is 1. The van der Waals surface area contributed by atoms with Gasteiger partial charge in [-0.15, -0.1) is 0 Å². The molecule has 0 aliphatic rings. The van der Waals surface area contributed by atoms with Crippen molar-refractivity contribution in [1.29, 1.82) is 0 Å².